The van der Waals surface area contributed by atoms with Crippen LogP contribution in [0.4, 0.5) is 9.59 Å². The van der Waals surface area contributed by atoms with Crippen LogP contribution in [-0.2, 0) is 28.5 Å². The Morgan fingerprint density at radius 2 is 1.34 bits per heavy atom. The van der Waals surface area contributed by atoms with E-state index in [1.54, 1.807) is 0 Å². The lowest BCUT2D eigenvalue weighted by molar-refractivity contribution is -0.139. The summed E-state index contributed by atoms with van der Waals surface area (Å²) in [7, 11) is 2.63. The van der Waals surface area contributed by atoms with Gasteiger partial charge < -0.3 is 49.3 Å². The summed E-state index contributed by atoms with van der Waals surface area (Å²) in [6.45, 7) is 9.71. The Kier molecular flexibility index (Phi) is 13.5. The first-order valence-corrected chi connectivity index (χ1v) is 24.2. The van der Waals surface area contributed by atoms with E-state index in [4.69, 9.17) is 28.9 Å². The fraction of sp³-hybridized carbons (Fsp3) is 0.569. The van der Waals surface area contributed by atoms with E-state index in [2.05, 4.69) is 69.1 Å². The Morgan fingerprint density at radius 1 is 0.761 bits per heavy atom. The molecule has 4 aromatic rings. The summed E-state index contributed by atoms with van der Waals surface area (Å²) >= 11 is 0. The van der Waals surface area contributed by atoms with Crippen LogP contribution in [-0.4, -0.2) is 118 Å². The highest BCUT2D eigenvalue weighted by atomic mass is 16.5. The first-order valence-electron chi connectivity index (χ1n) is 24.2. The molecular weight excluding hydrogens is 853 g/mol. The Hall–Kier alpha value is -5.74. The summed E-state index contributed by atoms with van der Waals surface area (Å²) < 4.78 is 21.9. The number of fused-ring (bicyclic) bond motifs is 1. The number of alkyl carbamates (subject to hydrolysis) is 2. The van der Waals surface area contributed by atoms with Crippen LogP contribution in [0.5, 0.6) is 0 Å². The molecule has 1 spiro atoms. The maximum atomic E-state index is 14.8. The summed E-state index contributed by atoms with van der Waals surface area (Å²) in [6.07, 6.45) is 10.2. The molecule has 0 radical (unpaired) electrons. The maximum Gasteiger partial charge on any atom is 0.407 e. The van der Waals surface area contributed by atoms with Crippen molar-refractivity contribution in [2.75, 3.05) is 34.0 Å². The number of ether oxygens (including phenoxy) is 4. The van der Waals surface area contributed by atoms with E-state index in [1.165, 1.54) is 14.2 Å². The highest BCUT2D eigenvalue weighted by Gasteiger charge is 2.52. The van der Waals surface area contributed by atoms with Crippen molar-refractivity contribution < 1.29 is 38.1 Å². The highest BCUT2D eigenvalue weighted by molar-refractivity contribution is 5.87. The number of nitrogens with zero attached hydrogens (tertiary/aromatic N) is 4. The molecule has 9 rings (SSSR count). The number of amides is 4. The SMILES string of the molecule is COC(=O)N[C@H](C(=O)N1[C@H](c2ncc(-c3ccc(-c4ccc(-c5cnc([C@@H]6C[C@@]7(CCCOC7)CN6C(=O)[C@@H](NC(=O)OC)C6C[C@@H](C)O[C@H](C)C6)[nH]5)cc4)cc3)[nH]2)C[C@@H]2CCC[C@@H]21)C(C)C. The van der Waals surface area contributed by atoms with Crippen LogP contribution in [0.15, 0.2) is 60.9 Å². The number of aromatic amines is 2. The lowest BCUT2D eigenvalue weighted by Crippen LogP contribution is -2.54. The van der Waals surface area contributed by atoms with Crippen molar-refractivity contribution in [3.05, 3.63) is 72.6 Å². The number of likely N-dealkylation sites (tertiary alicyclic amines) is 2. The van der Waals surface area contributed by atoms with Crippen LogP contribution in [0.3, 0.4) is 0 Å². The number of hydrogen-bond donors (Lipinski definition) is 4. The predicted molar refractivity (Wildman–Crippen MR) is 250 cm³/mol. The number of hydrogen-bond acceptors (Lipinski definition) is 10. The van der Waals surface area contributed by atoms with Crippen LogP contribution < -0.4 is 10.6 Å². The first kappa shape index (κ1) is 46.4. The summed E-state index contributed by atoms with van der Waals surface area (Å²) in [6, 6.07) is 14.8. The van der Waals surface area contributed by atoms with E-state index in [1.807, 2.05) is 49.9 Å². The molecule has 16 heteroatoms. The van der Waals surface area contributed by atoms with Crippen molar-refractivity contribution in [2.24, 2.45) is 23.2 Å². The Morgan fingerprint density at radius 3 is 1.91 bits per heavy atom. The molecular formula is C51H66N8O8. The predicted octanol–water partition coefficient (Wildman–Crippen LogP) is 7.95. The lowest BCUT2D eigenvalue weighted by atomic mass is 9.80. The van der Waals surface area contributed by atoms with E-state index < -0.39 is 24.3 Å². The van der Waals surface area contributed by atoms with Crippen LogP contribution in [0.25, 0.3) is 33.6 Å². The molecule has 1 saturated carbocycles. The number of carbonyl (C=O) groups excluding carboxylic acids is 4. The number of H-pyrrole nitrogens is 2. The van der Waals surface area contributed by atoms with Crippen molar-refractivity contribution in [2.45, 2.75) is 128 Å². The largest absolute Gasteiger partial charge is 0.453 e. The minimum atomic E-state index is -0.766. The average Bonchev–Trinajstić information content (AvgIpc) is 4.19. The standard InChI is InChI=1S/C51H66N8O8/c1-29(2)43(56-49(62)64-5)48(61)59-40-10-7-9-36(40)23-41(59)45-52-25-38(54-45)34-15-11-32(12-16-34)33-13-17-35(18-14-33)39-26-53-46(55-39)42-24-51(19-8-20-66-28-51)27-58(42)47(60)44(57-50(63)65-6)37-21-30(3)67-31(4)22-37/h11-18,25-26,29-31,36-37,40-44H,7-10,19-24,27-28H2,1-6H3,(H,52,54)(H,53,55)(H,56,62)(H,57,63)/t30-,31-,36+,40+,41+,42+,43+,44+,51+/m1/s1. The molecule has 4 aliphatic heterocycles. The van der Waals surface area contributed by atoms with Crippen molar-refractivity contribution in [3.63, 3.8) is 0 Å². The highest BCUT2D eigenvalue weighted by Crippen LogP contribution is 2.49. The van der Waals surface area contributed by atoms with E-state index >= 15 is 0 Å². The van der Waals surface area contributed by atoms with Gasteiger partial charge in [-0.25, -0.2) is 19.6 Å². The van der Waals surface area contributed by atoms with Crippen LogP contribution in [0.2, 0.25) is 0 Å². The van der Waals surface area contributed by atoms with Crippen molar-refractivity contribution in [1.29, 1.82) is 0 Å². The number of carbonyl (C=O) groups is 4. The summed E-state index contributed by atoms with van der Waals surface area (Å²) in [5, 5.41) is 5.70. The van der Waals surface area contributed by atoms with Crippen LogP contribution in [0, 0.1) is 23.2 Å². The maximum absolute atomic E-state index is 14.8. The van der Waals surface area contributed by atoms with Gasteiger partial charge in [0.25, 0.3) is 0 Å². The zero-order valence-corrected chi connectivity index (χ0v) is 39.6. The first-order chi connectivity index (χ1) is 32.3. The number of benzene rings is 2. The molecule has 16 nitrogen and oxygen atoms in total. The second-order valence-electron chi connectivity index (χ2n) is 20.1. The number of methoxy groups -OCH3 is 2. The second kappa shape index (κ2) is 19.5. The fourth-order valence-electron chi connectivity index (χ4n) is 11.9. The van der Waals surface area contributed by atoms with E-state index in [0.717, 1.165) is 78.0 Å². The number of rotatable bonds is 11. The van der Waals surface area contributed by atoms with Crippen LogP contribution in [0.1, 0.15) is 109 Å². The van der Waals surface area contributed by atoms with Gasteiger partial charge in [0.1, 0.15) is 23.7 Å². The van der Waals surface area contributed by atoms with Gasteiger partial charge in [-0.1, -0.05) is 68.8 Å². The van der Waals surface area contributed by atoms with E-state index in [-0.39, 0.29) is 59.4 Å². The molecule has 6 heterocycles. The zero-order chi connectivity index (χ0) is 47.0. The molecule has 4 amide bonds. The molecule has 358 valence electrons. The molecule has 5 fully saturated rings. The summed E-state index contributed by atoms with van der Waals surface area (Å²) in [5.74, 6) is 1.42. The van der Waals surface area contributed by atoms with Crippen molar-refractivity contribution >= 4 is 24.0 Å². The van der Waals surface area contributed by atoms with Crippen molar-refractivity contribution in [3.8, 4) is 33.6 Å². The molecule has 4 N–H and O–H groups in total. The minimum Gasteiger partial charge on any atom is -0.453 e. The number of nitrogens with one attached hydrogen (secondary N) is 4. The average molecular weight is 919 g/mol. The number of imidazole rings is 2. The van der Waals surface area contributed by atoms with Crippen molar-refractivity contribution in [1.82, 2.24) is 40.4 Å². The topological polar surface area (TPSA) is 193 Å². The second-order valence-corrected chi connectivity index (χ2v) is 20.1. The summed E-state index contributed by atoms with van der Waals surface area (Å²) in [5.41, 5.74) is 5.59. The normalized spacial score (nSPS) is 28.0. The van der Waals surface area contributed by atoms with Crippen LogP contribution >= 0.6 is 0 Å². The van der Waals surface area contributed by atoms with Gasteiger partial charge in [-0.05, 0) is 105 Å². The van der Waals surface area contributed by atoms with Gasteiger partial charge in [-0.2, -0.15) is 0 Å². The van der Waals surface area contributed by atoms with E-state index in [9.17, 15) is 19.2 Å². The Balaban J connectivity index is 0.900. The molecule has 67 heavy (non-hydrogen) atoms. The molecule has 0 unspecified atom stereocenters. The lowest BCUT2D eigenvalue weighted by Gasteiger charge is -2.38. The number of aromatic nitrogens is 4. The quantitative estimate of drug-likeness (QED) is 0.115. The van der Waals surface area contributed by atoms with Gasteiger partial charge in [-0.15, -0.1) is 0 Å². The monoisotopic (exact) mass is 919 g/mol. The molecule has 1 aliphatic carbocycles. The molecule has 4 saturated heterocycles. The summed E-state index contributed by atoms with van der Waals surface area (Å²) in [4.78, 5) is 74.6. The van der Waals surface area contributed by atoms with Gasteiger partial charge in [0.2, 0.25) is 11.8 Å². The fourth-order valence-corrected chi connectivity index (χ4v) is 11.9. The van der Waals surface area contributed by atoms with E-state index in [0.29, 0.717) is 50.8 Å². The molecule has 2 aromatic heterocycles. The molecule has 5 aliphatic rings. The third-order valence-electron chi connectivity index (χ3n) is 15.2. The van der Waals surface area contributed by atoms with Gasteiger partial charge >= 0.3 is 12.2 Å². The molecule has 2 aromatic carbocycles. The Labute approximate surface area is 392 Å². The Bertz CT molecular complexity index is 2380. The van der Waals surface area contributed by atoms with Gasteiger partial charge in [0, 0.05) is 24.6 Å². The molecule has 0 bridgehead atoms. The third-order valence-corrected chi connectivity index (χ3v) is 15.2. The van der Waals surface area contributed by atoms with Gasteiger partial charge in [0.05, 0.1) is 68.9 Å². The minimum absolute atomic E-state index is 0.0387. The van der Waals surface area contributed by atoms with Gasteiger partial charge in [-0.3, -0.25) is 9.59 Å². The smallest absolute Gasteiger partial charge is 0.407 e. The zero-order valence-electron chi connectivity index (χ0n) is 39.6. The third kappa shape index (κ3) is 9.56. The molecule has 9 atom stereocenters. The van der Waals surface area contributed by atoms with Gasteiger partial charge in [0.15, 0.2) is 0 Å².